The highest BCUT2D eigenvalue weighted by atomic mass is 16.5. The average Bonchev–Trinajstić information content (AvgIpc) is 3.07. The molecule has 4 rings (SSSR count). The summed E-state index contributed by atoms with van der Waals surface area (Å²) in [5.74, 6) is 0.952. The Labute approximate surface area is 195 Å². The zero-order valence-electron chi connectivity index (χ0n) is 19.9. The normalized spacial score (nSPS) is 19.8. The molecule has 2 aromatic carbocycles. The van der Waals surface area contributed by atoms with Crippen molar-refractivity contribution in [2.24, 2.45) is 5.41 Å². The molecule has 2 aliphatic rings. The summed E-state index contributed by atoms with van der Waals surface area (Å²) in [6, 6.07) is 9.42. The lowest BCUT2D eigenvalue weighted by atomic mass is 9.85. The van der Waals surface area contributed by atoms with E-state index in [2.05, 4.69) is 35.0 Å². The number of benzene rings is 2. The van der Waals surface area contributed by atoms with E-state index in [1.54, 1.807) is 20.1 Å². The van der Waals surface area contributed by atoms with E-state index in [0.29, 0.717) is 29.7 Å². The molecule has 1 saturated heterocycles. The zero-order valence-corrected chi connectivity index (χ0v) is 19.9. The molecule has 1 atom stereocenters. The summed E-state index contributed by atoms with van der Waals surface area (Å²) in [6.07, 6.45) is 1.47. The number of piperazine rings is 1. The van der Waals surface area contributed by atoms with Crippen LogP contribution in [-0.2, 0) is 11.2 Å². The van der Waals surface area contributed by atoms with E-state index in [0.717, 1.165) is 49.5 Å². The van der Waals surface area contributed by atoms with Crippen LogP contribution in [0.25, 0.3) is 0 Å². The summed E-state index contributed by atoms with van der Waals surface area (Å²) in [4.78, 5) is 29.1. The number of anilines is 1. The first-order valence-electron chi connectivity index (χ1n) is 11.4. The number of phenolic OH excluding ortho intramolecular Hbond substituents is 1. The molecule has 7 heteroatoms. The van der Waals surface area contributed by atoms with Crippen LogP contribution in [0.3, 0.4) is 0 Å². The molecular weight excluding hydrogens is 418 g/mol. The third-order valence-corrected chi connectivity index (χ3v) is 6.97. The lowest BCUT2D eigenvalue weighted by Gasteiger charge is -2.36. The molecule has 1 aliphatic heterocycles. The van der Waals surface area contributed by atoms with Crippen molar-refractivity contribution in [2.45, 2.75) is 33.2 Å². The van der Waals surface area contributed by atoms with Crippen molar-refractivity contribution in [3.8, 4) is 11.5 Å². The van der Waals surface area contributed by atoms with Crippen LogP contribution in [0.4, 0.5) is 5.69 Å². The SMILES string of the molecule is COc1cccc(N2CCN(CC(=O)NC3c4c(O)c(C)cc(C=O)c4CC3(C)C)CC2)c1. The van der Waals surface area contributed by atoms with Crippen molar-refractivity contribution in [1.82, 2.24) is 10.2 Å². The van der Waals surface area contributed by atoms with Gasteiger partial charge in [0, 0.05) is 49.1 Å². The number of amides is 1. The Morgan fingerprint density at radius 1 is 1.24 bits per heavy atom. The molecule has 2 N–H and O–H groups in total. The maximum atomic E-state index is 13.0. The van der Waals surface area contributed by atoms with Gasteiger partial charge in [-0.1, -0.05) is 19.9 Å². The minimum absolute atomic E-state index is 0.0654. The molecule has 0 saturated carbocycles. The summed E-state index contributed by atoms with van der Waals surface area (Å²) in [7, 11) is 1.67. The fraction of sp³-hybridized carbons (Fsp3) is 0.462. The van der Waals surface area contributed by atoms with Gasteiger partial charge in [-0.25, -0.2) is 0 Å². The fourth-order valence-corrected chi connectivity index (χ4v) is 5.11. The van der Waals surface area contributed by atoms with Gasteiger partial charge in [0.25, 0.3) is 0 Å². The number of hydrogen-bond acceptors (Lipinski definition) is 6. The van der Waals surface area contributed by atoms with E-state index >= 15 is 0 Å². The second-order valence-corrected chi connectivity index (χ2v) is 9.77. The molecule has 0 aromatic heterocycles. The fourth-order valence-electron chi connectivity index (χ4n) is 5.11. The molecule has 7 nitrogen and oxygen atoms in total. The number of methoxy groups -OCH3 is 1. The van der Waals surface area contributed by atoms with Gasteiger partial charge in [-0.2, -0.15) is 0 Å². The van der Waals surface area contributed by atoms with Crippen LogP contribution in [0.5, 0.6) is 11.5 Å². The van der Waals surface area contributed by atoms with Crippen molar-refractivity contribution in [3.63, 3.8) is 0 Å². The van der Waals surface area contributed by atoms with E-state index < -0.39 is 0 Å². The standard InChI is InChI=1S/C26H33N3O4/c1-17-12-18(16-30)21-14-26(2,3)25(23(21)24(17)32)27-22(31)15-28-8-10-29(11-9-28)19-6-5-7-20(13-19)33-4/h5-7,12-13,16,25,32H,8-11,14-15H2,1-4H3,(H,27,31). The average molecular weight is 452 g/mol. The number of aryl methyl sites for hydroxylation is 1. The third-order valence-electron chi connectivity index (χ3n) is 6.97. The summed E-state index contributed by atoms with van der Waals surface area (Å²) < 4.78 is 5.33. The van der Waals surface area contributed by atoms with Gasteiger partial charge < -0.3 is 20.1 Å². The summed E-state index contributed by atoms with van der Waals surface area (Å²) in [5, 5.41) is 13.9. The van der Waals surface area contributed by atoms with Crippen LogP contribution in [0, 0.1) is 12.3 Å². The van der Waals surface area contributed by atoms with Gasteiger partial charge >= 0.3 is 0 Å². The second kappa shape index (κ2) is 9.06. The third kappa shape index (κ3) is 4.55. The Balaban J connectivity index is 1.41. The van der Waals surface area contributed by atoms with Gasteiger partial charge in [-0.15, -0.1) is 0 Å². The van der Waals surface area contributed by atoms with Crippen LogP contribution in [0.15, 0.2) is 30.3 Å². The maximum absolute atomic E-state index is 13.0. The molecule has 0 spiro atoms. The lowest BCUT2D eigenvalue weighted by Crippen LogP contribution is -2.50. The molecule has 1 amide bonds. The first-order chi connectivity index (χ1) is 15.7. The van der Waals surface area contributed by atoms with E-state index in [4.69, 9.17) is 4.74 Å². The van der Waals surface area contributed by atoms with Gasteiger partial charge in [0.05, 0.1) is 19.7 Å². The molecule has 1 fully saturated rings. The number of carbonyl (C=O) groups excluding carboxylic acids is 2. The molecule has 1 aliphatic carbocycles. The number of phenols is 1. The number of hydrogen-bond donors (Lipinski definition) is 2. The molecule has 1 unspecified atom stereocenters. The van der Waals surface area contributed by atoms with Gasteiger partial charge in [-0.05, 0) is 48.1 Å². The van der Waals surface area contributed by atoms with Crippen LogP contribution < -0.4 is 15.0 Å². The van der Waals surface area contributed by atoms with Crippen molar-refractivity contribution < 1.29 is 19.4 Å². The first kappa shape index (κ1) is 23.1. The Bertz CT molecular complexity index is 1060. The number of rotatable bonds is 6. The zero-order chi connectivity index (χ0) is 23.8. The second-order valence-electron chi connectivity index (χ2n) is 9.77. The summed E-state index contributed by atoms with van der Waals surface area (Å²) >= 11 is 0. The molecular formula is C26H33N3O4. The minimum Gasteiger partial charge on any atom is -0.507 e. The smallest absolute Gasteiger partial charge is 0.234 e. The number of ether oxygens (including phenoxy) is 1. The van der Waals surface area contributed by atoms with Gasteiger partial charge in [0.1, 0.15) is 17.8 Å². The Kier molecular flexibility index (Phi) is 6.34. The van der Waals surface area contributed by atoms with Crippen molar-refractivity contribution in [1.29, 1.82) is 0 Å². The highest BCUT2D eigenvalue weighted by Gasteiger charge is 2.43. The summed E-state index contributed by atoms with van der Waals surface area (Å²) in [5.41, 5.74) is 3.61. The molecule has 1 heterocycles. The molecule has 0 bridgehead atoms. The van der Waals surface area contributed by atoms with Gasteiger partial charge in [0.15, 0.2) is 0 Å². The number of aldehydes is 1. The number of fused-ring (bicyclic) bond motifs is 1. The monoisotopic (exact) mass is 451 g/mol. The van der Waals surface area contributed by atoms with E-state index in [-0.39, 0.29) is 23.1 Å². The van der Waals surface area contributed by atoms with Crippen LogP contribution in [0.1, 0.15) is 46.9 Å². The molecule has 2 aromatic rings. The number of carbonyl (C=O) groups is 2. The van der Waals surface area contributed by atoms with E-state index in [1.165, 1.54) is 0 Å². The lowest BCUT2D eigenvalue weighted by molar-refractivity contribution is -0.123. The predicted octanol–water partition coefficient (Wildman–Crippen LogP) is 3.08. The number of nitrogens with one attached hydrogen (secondary N) is 1. The molecule has 33 heavy (non-hydrogen) atoms. The highest BCUT2D eigenvalue weighted by Crippen LogP contribution is 2.50. The Morgan fingerprint density at radius 2 is 1.97 bits per heavy atom. The van der Waals surface area contributed by atoms with Crippen LogP contribution in [0.2, 0.25) is 0 Å². The first-order valence-corrected chi connectivity index (χ1v) is 11.4. The summed E-state index contributed by atoms with van der Waals surface area (Å²) in [6.45, 7) is 9.46. The van der Waals surface area contributed by atoms with E-state index in [9.17, 15) is 14.7 Å². The maximum Gasteiger partial charge on any atom is 0.234 e. The Hall–Kier alpha value is -3.06. The van der Waals surface area contributed by atoms with Crippen molar-refractivity contribution in [3.05, 3.63) is 52.6 Å². The quantitative estimate of drug-likeness (QED) is 0.657. The van der Waals surface area contributed by atoms with Crippen LogP contribution >= 0.6 is 0 Å². The number of nitrogens with zero attached hydrogens (tertiary/aromatic N) is 2. The van der Waals surface area contributed by atoms with Crippen LogP contribution in [-0.4, -0.2) is 62.0 Å². The predicted molar refractivity (Wildman–Crippen MR) is 128 cm³/mol. The largest absolute Gasteiger partial charge is 0.507 e. The van der Waals surface area contributed by atoms with Gasteiger partial charge in [0.2, 0.25) is 5.91 Å². The van der Waals surface area contributed by atoms with Crippen molar-refractivity contribution >= 4 is 17.9 Å². The number of aromatic hydroxyl groups is 1. The van der Waals surface area contributed by atoms with Crippen molar-refractivity contribution in [2.75, 3.05) is 44.7 Å². The van der Waals surface area contributed by atoms with E-state index in [1.807, 2.05) is 18.2 Å². The minimum atomic E-state index is -0.336. The Morgan fingerprint density at radius 3 is 2.64 bits per heavy atom. The molecule has 0 radical (unpaired) electrons. The topological polar surface area (TPSA) is 82.1 Å². The highest BCUT2D eigenvalue weighted by molar-refractivity contribution is 5.82. The molecule has 176 valence electrons. The van der Waals surface area contributed by atoms with Gasteiger partial charge in [-0.3, -0.25) is 14.5 Å².